The van der Waals surface area contributed by atoms with Gasteiger partial charge in [0, 0.05) is 30.1 Å². The number of carbonyl (C=O) groups excluding carboxylic acids is 3. The predicted molar refractivity (Wildman–Crippen MR) is 102 cm³/mol. The first kappa shape index (κ1) is 18.9. The molecule has 0 aliphatic heterocycles. The van der Waals surface area contributed by atoms with Gasteiger partial charge in [-0.25, -0.2) is 0 Å². The van der Waals surface area contributed by atoms with Gasteiger partial charge in [-0.15, -0.1) is 0 Å². The van der Waals surface area contributed by atoms with Crippen molar-refractivity contribution in [2.45, 2.75) is 72.1 Å². The lowest BCUT2D eigenvalue weighted by Gasteiger charge is -2.59. The molecular weight excluding hydrogens is 340 g/mol. The van der Waals surface area contributed by atoms with Crippen molar-refractivity contribution in [3.05, 3.63) is 11.6 Å². The third-order valence-corrected chi connectivity index (χ3v) is 8.64. The number of hydrogen-bond acceptors (Lipinski definition) is 4. The molecule has 4 aliphatic carbocycles. The van der Waals surface area contributed by atoms with Crippen LogP contribution in [-0.4, -0.2) is 24.1 Å². The zero-order chi connectivity index (χ0) is 19.4. The Morgan fingerprint density at radius 3 is 2.70 bits per heavy atom. The van der Waals surface area contributed by atoms with Crippen LogP contribution in [0.1, 0.15) is 72.1 Å². The minimum Gasteiger partial charge on any atom is -0.465 e. The molecular formula is C23H32O4. The molecule has 0 radical (unpaired) electrons. The summed E-state index contributed by atoms with van der Waals surface area (Å²) in [6.45, 7) is 6.58. The molecule has 148 valence electrons. The second-order valence-electron chi connectivity index (χ2n) is 9.63. The van der Waals surface area contributed by atoms with Crippen LogP contribution in [0.25, 0.3) is 0 Å². The van der Waals surface area contributed by atoms with E-state index in [-0.39, 0.29) is 28.5 Å². The van der Waals surface area contributed by atoms with Gasteiger partial charge in [0.25, 0.3) is 0 Å². The van der Waals surface area contributed by atoms with Crippen molar-refractivity contribution < 1.29 is 19.1 Å². The van der Waals surface area contributed by atoms with E-state index >= 15 is 0 Å². The Hall–Kier alpha value is -1.45. The first-order valence-corrected chi connectivity index (χ1v) is 10.8. The molecule has 27 heavy (non-hydrogen) atoms. The van der Waals surface area contributed by atoms with Gasteiger partial charge >= 0.3 is 5.97 Å². The Morgan fingerprint density at radius 2 is 1.96 bits per heavy atom. The molecule has 1 unspecified atom stereocenters. The van der Waals surface area contributed by atoms with E-state index in [0.717, 1.165) is 38.5 Å². The summed E-state index contributed by atoms with van der Waals surface area (Å²) in [5, 5.41) is 0. The molecule has 6 atom stereocenters. The molecule has 0 bridgehead atoms. The van der Waals surface area contributed by atoms with Crippen LogP contribution in [0.5, 0.6) is 0 Å². The number of ketones is 2. The van der Waals surface area contributed by atoms with E-state index in [1.807, 2.05) is 13.0 Å². The molecule has 0 spiro atoms. The SMILES string of the molecule is CCC(=O)OC[C@@]12C(=CC(=O)CC1C)CC[C@@H]1[C@H]2CC[C@]2(C)C(=O)CC[C@@H]12. The molecule has 4 heteroatoms. The van der Waals surface area contributed by atoms with Gasteiger partial charge in [0.2, 0.25) is 0 Å². The number of carbonyl (C=O) groups is 3. The molecule has 0 aromatic heterocycles. The van der Waals surface area contributed by atoms with Gasteiger partial charge in [0.05, 0.1) is 0 Å². The first-order valence-electron chi connectivity index (χ1n) is 10.8. The van der Waals surface area contributed by atoms with Gasteiger partial charge in [-0.2, -0.15) is 0 Å². The highest BCUT2D eigenvalue weighted by atomic mass is 16.5. The maximum absolute atomic E-state index is 12.6. The van der Waals surface area contributed by atoms with Gasteiger partial charge in [0.1, 0.15) is 12.4 Å². The van der Waals surface area contributed by atoms with Crippen LogP contribution < -0.4 is 0 Å². The molecule has 0 aromatic rings. The van der Waals surface area contributed by atoms with Crippen molar-refractivity contribution >= 4 is 17.5 Å². The minimum atomic E-state index is -0.214. The molecule has 0 amide bonds. The lowest BCUT2D eigenvalue weighted by atomic mass is 9.45. The molecule has 0 saturated heterocycles. The van der Waals surface area contributed by atoms with Crippen LogP contribution in [0.2, 0.25) is 0 Å². The predicted octanol–water partition coefficient (Wildman–Crippen LogP) is 4.27. The molecule has 0 N–H and O–H groups in total. The van der Waals surface area contributed by atoms with Gasteiger partial charge in [0.15, 0.2) is 5.78 Å². The fourth-order valence-corrected chi connectivity index (χ4v) is 7.16. The third-order valence-electron chi connectivity index (χ3n) is 8.64. The van der Waals surface area contributed by atoms with Crippen LogP contribution >= 0.6 is 0 Å². The van der Waals surface area contributed by atoms with Crippen molar-refractivity contribution in [2.75, 3.05) is 6.61 Å². The minimum absolute atomic E-state index is 0.155. The van der Waals surface area contributed by atoms with Crippen LogP contribution in [0, 0.1) is 34.5 Å². The number of hydrogen-bond donors (Lipinski definition) is 0. The second-order valence-corrected chi connectivity index (χ2v) is 9.63. The fraction of sp³-hybridized carbons (Fsp3) is 0.783. The molecule has 4 rings (SSSR count). The summed E-state index contributed by atoms with van der Waals surface area (Å²) in [4.78, 5) is 36.9. The highest BCUT2D eigenvalue weighted by Crippen LogP contribution is 2.65. The van der Waals surface area contributed by atoms with Crippen LogP contribution in [-0.2, 0) is 19.1 Å². The zero-order valence-corrected chi connectivity index (χ0v) is 16.9. The normalized spacial score (nSPS) is 43.4. The van der Waals surface area contributed by atoms with Crippen LogP contribution in [0.3, 0.4) is 0 Å². The average Bonchev–Trinajstić information content (AvgIpc) is 2.95. The number of Topliss-reactive ketones (excluding diaryl/α,β-unsaturated/α-hetero) is 1. The van der Waals surface area contributed by atoms with Gasteiger partial charge in [-0.3, -0.25) is 14.4 Å². The molecule has 4 nitrogen and oxygen atoms in total. The molecule has 0 heterocycles. The maximum atomic E-state index is 12.6. The van der Waals surface area contributed by atoms with E-state index in [9.17, 15) is 14.4 Å². The van der Waals surface area contributed by atoms with Crippen molar-refractivity contribution in [3.63, 3.8) is 0 Å². The Bertz CT molecular complexity index is 707. The van der Waals surface area contributed by atoms with E-state index in [1.165, 1.54) is 5.57 Å². The van der Waals surface area contributed by atoms with Crippen LogP contribution in [0.15, 0.2) is 11.6 Å². The highest BCUT2D eigenvalue weighted by Gasteiger charge is 2.62. The van der Waals surface area contributed by atoms with E-state index < -0.39 is 0 Å². The molecule has 0 aromatic carbocycles. The molecule has 3 fully saturated rings. The lowest BCUT2D eigenvalue weighted by Crippen LogP contribution is -2.56. The Labute approximate surface area is 162 Å². The largest absolute Gasteiger partial charge is 0.465 e. The summed E-state index contributed by atoms with van der Waals surface area (Å²) >= 11 is 0. The maximum Gasteiger partial charge on any atom is 0.305 e. The number of esters is 1. The Balaban J connectivity index is 1.73. The quantitative estimate of drug-likeness (QED) is 0.694. The van der Waals surface area contributed by atoms with E-state index in [2.05, 4.69) is 13.8 Å². The summed E-state index contributed by atoms with van der Waals surface area (Å²) in [5.74, 6) is 2.05. The van der Waals surface area contributed by atoms with Crippen molar-refractivity contribution in [1.29, 1.82) is 0 Å². The van der Waals surface area contributed by atoms with E-state index in [0.29, 0.717) is 43.0 Å². The zero-order valence-electron chi connectivity index (χ0n) is 16.9. The van der Waals surface area contributed by atoms with Gasteiger partial charge in [-0.05, 0) is 61.9 Å². The van der Waals surface area contributed by atoms with E-state index in [4.69, 9.17) is 4.74 Å². The van der Waals surface area contributed by atoms with Gasteiger partial charge in [-0.1, -0.05) is 26.3 Å². The van der Waals surface area contributed by atoms with Crippen molar-refractivity contribution in [1.82, 2.24) is 0 Å². The topological polar surface area (TPSA) is 60.4 Å². The summed E-state index contributed by atoms with van der Waals surface area (Å²) < 4.78 is 5.75. The summed E-state index contributed by atoms with van der Waals surface area (Å²) in [6.07, 6.45) is 8.42. The Morgan fingerprint density at radius 1 is 1.19 bits per heavy atom. The third kappa shape index (κ3) is 2.66. The number of rotatable bonds is 3. The van der Waals surface area contributed by atoms with Crippen molar-refractivity contribution in [2.24, 2.45) is 34.5 Å². The second kappa shape index (κ2) is 6.56. The molecule has 4 aliphatic rings. The molecule has 3 saturated carbocycles. The summed E-state index contributed by atoms with van der Waals surface area (Å²) in [5.41, 5.74) is 0.843. The summed E-state index contributed by atoms with van der Waals surface area (Å²) in [7, 11) is 0. The van der Waals surface area contributed by atoms with Crippen LogP contribution in [0.4, 0.5) is 0 Å². The Kier molecular flexibility index (Phi) is 4.59. The highest BCUT2D eigenvalue weighted by molar-refractivity contribution is 5.92. The lowest BCUT2D eigenvalue weighted by molar-refractivity contribution is -0.155. The standard InChI is InChI=1S/C23H32O4/c1-4-21(26)27-13-23-14(2)11-16(24)12-15(23)5-6-17-18-7-8-20(25)22(18,3)10-9-19(17)23/h12,14,17-19H,4-11,13H2,1-3H3/t14?,17-,18-,19+,22-,23-/m0/s1. The number of ether oxygens (including phenoxy) is 1. The van der Waals surface area contributed by atoms with Gasteiger partial charge < -0.3 is 4.74 Å². The first-order chi connectivity index (χ1) is 12.8. The fourth-order valence-electron chi connectivity index (χ4n) is 7.16. The number of fused-ring (bicyclic) bond motifs is 5. The van der Waals surface area contributed by atoms with Crippen molar-refractivity contribution in [3.8, 4) is 0 Å². The summed E-state index contributed by atoms with van der Waals surface area (Å²) in [6, 6.07) is 0. The monoisotopic (exact) mass is 372 g/mol. The average molecular weight is 373 g/mol. The smallest absolute Gasteiger partial charge is 0.305 e. The van der Waals surface area contributed by atoms with E-state index in [1.54, 1.807) is 0 Å².